The van der Waals surface area contributed by atoms with Crippen LogP contribution in [0.15, 0.2) is 42.5 Å². The summed E-state index contributed by atoms with van der Waals surface area (Å²) < 4.78 is 0. The molecule has 2 fully saturated rings. The van der Waals surface area contributed by atoms with Gasteiger partial charge in [-0.1, -0.05) is 62.1 Å². The lowest BCUT2D eigenvalue weighted by molar-refractivity contribution is 0.380. The molecular weight excluding hydrogens is 340 g/mol. The molecule has 0 saturated heterocycles. The summed E-state index contributed by atoms with van der Waals surface area (Å²) in [4.78, 5) is 0. The Hall–Kier alpha value is -2.28. The second-order valence-electron chi connectivity index (χ2n) is 9.64. The zero-order valence-electron chi connectivity index (χ0n) is 16.3. The maximum Gasteiger partial charge on any atom is 0.123 e. The summed E-state index contributed by atoms with van der Waals surface area (Å²) in [7, 11) is 0. The average Bonchev–Trinajstić information content (AvgIpc) is 3.23. The van der Waals surface area contributed by atoms with Gasteiger partial charge in [-0.15, -0.1) is 0 Å². The number of fused-ring (bicyclic) bond motifs is 5. The Balaban J connectivity index is 1.72. The predicted octanol–water partition coefficient (Wildman–Crippen LogP) is 7.14. The fraction of sp³-hybridized carbons (Fsp3) is 0.407. The van der Waals surface area contributed by atoms with E-state index < -0.39 is 0 Å². The molecule has 1 N–H and O–H groups in total. The Labute approximate surface area is 166 Å². The van der Waals surface area contributed by atoms with Crippen molar-refractivity contribution in [1.82, 2.24) is 0 Å². The highest BCUT2D eigenvalue weighted by Gasteiger charge is 2.47. The third-order valence-corrected chi connectivity index (χ3v) is 8.57. The molecule has 0 bridgehead atoms. The molecule has 4 aliphatic carbocycles. The average molecular weight is 367 g/mol. The molecule has 4 aliphatic rings. The Morgan fingerprint density at radius 2 is 1.46 bits per heavy atom. The van der Waals surface area contributed by atoms with E-state index in [0.29, 0.717) is 17.6 Å². The summed E-state index contributed by atoms with van der Waals surface area (Å²) in [5.74, 6) is 1.71. The third kappa shape index (κ3) is 1.67. The number of rotatable bonds is 0. The fourth-order valence-corrected chi connectivity index (χ4v) is 7.53. The molecule has 1 nitrogen and oxygen atoms in total. The zero-order chi connectivity index (χ0) is 18.5. The maximum atomic E-state index is 11.0. The summed E-state index contributed by atoms with van der Waals surface area (Å²) in [5.41, 5.74) is 9.34. The first-order valence-electron chi connectivity index (χ1n) is 11.2. The van der Waals surface area contributed by atoms with Gasteiger partial charge in [0.25, 0.3) is 0 Å². The van der Waals surface area contributed by atoms with E-state index in [1.165, 1.54) is 73.4 Å². The monoisotopic (exact) mass is 366 g/mol. The van der Waals surface area contributed by atoms with Gasteiger partial charge in [-0.05, 0) is 82.4 Å². The highest BCUT2D eigenvalue weighted by Crippen LogP contribution is 2.63. The summed E-state index contributed by atoms with van der Waals surface area (Å²) in [6, 6.07) is 16.0. The molecule has 0 amide bonds. The topological polar surface area (TPSA) is 20.2 Å². The van der Waals surface area contributed by atoms with Crippen molar-refractivity contribution < 1.29 is 5.11 Å². The molecule has 3 aromatic rings. The van der Waals surface area contributed by atoms with Crippen molar-refractivity contribution in [3.8, 4) is 16.9 Å². The van der Waals surface area contributed by atoms with E-state index in [0.717, 1.165) is 5.39 Å². The Bertz CT molecular complexity index is 1150. The van der Waals surface area contributed by atoms with Crippen LogP contribution in [0.4, 0.5) is 0 Å². The number of hydrogen-bond acceptors (Lipinski definition) is 1. The molecular formula is C27H26O. The van der Waals surface area contributed by atoms with Gasteiger partial charge >= 0.3 is 0 Å². The first-order chi connectivity index (χ1) is 13.8. The molecule has 2 atom stereocenters. The van der Waals surface area contributed by atoms with Gasteiger partial charge in [0.15, 0.2) is 0 Å². The van der Waals surface area contributed by atoms with Gasteiger partial charge < -0.3 is 5.11 Å². The summed E-state index contributed by atoms with van der Waals surface area (Å²) >= 11 is 0. The number of aromatic hydroxyl groups is 1. The quantitative estimate of drug-likeness (QED) is 0.448. The van der Waals surface area contributed by atoms with Crippen LogP contribution in [0.3, 0.4) is 0 Å². The summed E-state index contributed by atoms with van der Waals surface area (Å²) in [6.07, 6.45) is 10.4. The van der Waals surface area contributed by atoms with Crippen molar-refractivity contribution in [3.63, 3.8) is 0 Å². The van der Waals surface area contributed by atoms with Crippen molar-refractivity contribution in [2.75, 3.05) is 0 Å². The highest BCUT2D eigenvalue weighted by molar-refractivity contribution is 6.08. The number of hydrogen-bond donors (Lipinski definition) is 1. The lowest BCUT2D eigenvalue weighted by atomic mass is 9.57. The van der Waals surface area contributed by atoms with Crippen molar-refractivity contribution in [3.05, 3.63) is 64.7 Å². The van der Waals surface area contributed by atoms with Crippen molar-refractivity contribution in [2.24, 2.45) is 0 Å². The second-order valence-corrected chi connectivity index (χ2v) is 9.64. The molecule has 7 rings (SSSR count). The van der Waals surface area contributed by atoms with E-state index in [1.807, 2.05) is 0 Å². The Morgan fingerprint density at radius 3 is 2.29 bits per heavy atom. The molecule has 3 aromatic carbocycles. The molecule has 0 heterocycles. The van der Waals surface area contributed by atoms with Crippen LogP contribution >= 0.6 is 0 Å². The Kier molecular flexibility index (Phi) is 2.90. The number of benzene rings is 3. The lowest BCUT2D eigenvalue weighted by Crippen LogP contribution is -2.31. The maximum absolute atomic E-state index is 11.0. The van der Waals surface area contributed by atoms with Crippen LogP contribution in [-0.2, 0) is 5.41 Å². The third-order valence-electron chi connectivity index (χ3n) is 8.57. The molecule has 1 heteroatoms. The smallest absolute Gasteiger partial charge is 0.123 e. The first kappa shape index (κ1) is 15.6. The Morgan fingerprint density at radius 1 is 0.750 bits per heavy atom. The lowest BCUT2D eigenvalue weighted by Gasteiger charge is -2.46. The fourth-order valence-electron chi connectivity index (χ4n) is 7.53. The molecule has 2 unspecified atom stereocenters. The van der Waals surface area contributed by atoms with Crippen LogP contribution in [0.25, 0.3) is 21.9 Å². The van der Waals surface area contributed by atoms with Gasteiger partial charge in [0.05, 0.1) is 0 Å². The van der Waals surface area contributed by atoms with Gasteiger partial charge in [-0.2, -0.15) is 0 Å². The van der Waals surface area contributed by atoms with E-state index >= 15 is 0 Å². The molecule has 2 saturated carbocycles. The van der Waals surface area contributed by atoms with Crippen molar-refractivity contribution in [2.45, 2.75) is 68.6 Å². The van der Waals surface area contributed by atoms with Crippen LogP contribution < -0.4 is 0 Å². The van der Waals surface area contributed by atoms with E-state index in [4.69, 9.17) is 0 Å². The zero-order valence-corrected chi connectivity index (χ0v) is 16.3. The predicted molar refractivity (Wildman–Crippen MR) is 114 cm³/mol. The minimum absolute atomic E-state index is 0.157. The minimum atomic E-state index is 0.157. The van der Waals surface area contributed by atoms with Gasteiger partial charge in [0.2, 0.25) is 0 Å². The van der Waals surface area contributed by atoms with Crippen molar-refractivity contribution >= 4 is 10.8 Å². The summed E-state index contributed by atoms with van der Waals surface area (Å²) in [6.45, 7) is 0. The van der Waals surface area contributed by atoms with E-state index in [9.17, 15) is 5.11 Å². The molecule has 0 radical (unpaired) electrons. The molecule has 0 aromatic heterocycles. The van der Waals surface area contributed by atoms with E-state index in [-0.39, 0.29) is 5.41 Å². The van der Waals surface area contributed by atoms with E-state index in [1.54, 1.807) is 16.7 Å². The van der Waals surface area contributed by atoms with Gasteiger partial charge in [-0.25, -0.2) is 0 Å². The molecule has 1 spiro atoms. The number of phenolic OH excluding ortho intramolecular Hbond substituents is 1. The van der Waals surface area contributed by atoms with Gasteiger partial charge in [-0.3, -0.25) is 0 Å². The molecule has 0 aliphatic heterocycles. The van der Waals surface area contributed by atoms with Crippen LogP contribution in [0.2, 0.25) is 0 Å². The number of phenols is 1. The molecule has 28 heavy (non-hydrogen) atoms. The van der Waals surface area contributed by atoms with Gasteiger partial charge in [0, 0.05) is 10.8 Å². The highest BCUT2D eigenvalue weighted by atomic mass is 16.3. The SMILES string of the molecule is Oc1cc2c3c4c(cccc14)C1(CCCC1)c1cccc(c1-3)C1CCCCC21. The van der Waals surface area contributed by atoms with Crippen LogP contribution in [0.5, 0.6) is 5.75 Å². The van der Waals surface area contributed by atoms with Gasteiger partial charge in [0.1, 0.15) is 5.75 Å². The largest absolute Gasteiger partial charge is 0.507 e. The van der Waals surface area contributed by atoms with E-state index in [2.05, 4.69) is 42.5 Å². The van der Waals surface area contributed by atoms with Crippen molar-refractivity contribution in [1.29, 1.82) is 0 Å². The minimum Gasteiger partial charge on any atom is -0.507 e. The van der Waals surface area contributed by atoms with Crippen LogP contribution in [0, 0.1) is 0 Å². The summed E-state index contributed by atoms with van der Waals surface area (Å²) in [5, 5.41) is 13.5. The first-order valence-corrected chi connectivity index (χ1v) is 11.2. The van der Waals surface area contributed by atoms with Crippen LogP contribution in [-0.4, -0.2) is 5.11 Å². The molecule has 140 valence electrons. The van der Waals surface area contributed by atoms with Crippen LogP contribution in [0.1, 0.15) is 85.5 Å². The second kappa shape index (κ2) is 5.20. The standard InChI is InChI=1S/C27H26O/c28-23-15-20-17-8-2-1-7-16(17)18-9-5-11-21-24(18)26(20)25-19(23)10-6-12-22(25)27(21)13-3-4-14-27/h5-6,9-12,15-17,28H,1-4,7-8,13-14H2. The normalized spacial score (nSPS) is 25.9.